The number of amides is 1. The van der Waals surface area contributed by atoms with Crippen molar-refractivity contribution in [2.24, 2.45) is 0 Å². The van der Waals surface area contributed by atoms with Crippen LogP contribution in [0.3, 0.4) is 0 Å². The molecule has 0 spiro atoms. The van der Waals surface area contributed by atoms with Crippen LogP contribution < -0.4 is 4.18 Å². The van der Waals surface area contributed by atoms with E-state index in [2.05, 4.69) is 4.18 Å². The third-order valence-electron chi connectivity index (χ3n) is 4.87. The van der Waals surface area contributed by atoms with Gasteiger partial charge in [0.1, 0.15) is 11.4 Å². The molecule has 0 aliphatic carbocycles. The lowest BCUT2D eigenvalue weighted by molar-refractivity contribution is -0.0589. The highest BCUT2D eigenvalue weighted by molar-refractivity contribution is 7.88. The van der Waals surface area contributed by atoms with Gasteiger partial charge in [0.15, 0.2) is 0 Å². The van der Waals surface area contributed by atoms with Crippen molar-refractivity contribution < 1.29 is 40.0 Å². The molecule has 0 bridgehead atoms. The number of hydrogen-bond acceptors (Lipinski definition) is 6. The third-order valence-corrected chi connectivity index (χ3v) is 5.84. The number of benzene rings is 1. The van der Waals surface area contributed by atoms with Crippen LogP contribution in [0.15, 0.2) is 18.2 Å². The minimum absolute atomic E-state index is 0.145. The molecule has 1 aromatic rings. The molecule has 1 saturated heterocycles. The summed E-state index contributed by atoms with van der Waals surface area (Å²) in [5, 5.41) is 0. The molecule has 162 valence electrons. The van der Waals surface area contributed by atoms with E-state index in [0.29, 0.717) is 5.56 Å². The molecule has 2 heterocycles. The van der Waals surface area contributed by atoms with Gasteiger partial charge in [0.05, 0.1) is 18.8 Å². The van der Waals surface area contributed by atoms with E-state index >= 15 is 0 Å². The van der Waals surface area contributed by atoms with Crippen LogP contribution >= 0.6 is 0 Å². The Morgan fingerprint density at radius 3 is 2.52 bits per heavy atom. The number of hydrogen-bond donors (Lipinski definition) is 0. The Hall–Kier alpha value is -2.01. The van der Waals surface area contributed by atoms with E-state index in [-0.39, 0.29) is 31.2 Å². The molecule has 1 fully saturated rings. The highest BCUT2D eigenvalue weighted by Gasteiger charge is 2.52. The first-order chi connectivity index (χ1) is 13.1. The van der Waals surface area contributed by atoms with E-state index in [4.69, 9.17) is 9.47 Å². The second-order valence-electron chi connectivity index (χ2n) is 8.32. The van der Waals surface area contributed by atoms with Gasteiger partial charge in [0, 0.05) is 18.0 Å². The molecule has 29 heavy (non-hydrogen) atoms. The molecule has 1 amide bonds. The first-order valence-electron chi connectivity index (χ1n) is 8.87. The number of likely N-dealkylation sites (tertiary alicyclic amines) is 1. The van der Waals surface area contributed by atoms with Gasteiger partial charge in [-0.15, -0.1) is 0 Å². The Bertz CT molecular complexity index is 925. The van der Waals surface area contributed by atoms with Gasteiger partial charge >= 0.3 is 21.7 Å². The normalized spacial score (nSPS) is 24.7. The standard InChI is InChI=1S/C18H22F3NO6S/c1-16(2,3)27-15(23)22-8-13-11-6-5-7-14(28-29(24,25)18(19,20)21)12(11)9-26-17(13,4)10-22/h5-7,13H,8-10H2,1-4H3. The van der Waals surface area contributed by atoms with Crippen molar-refractivity contribution >= 4 is 16.2 Å². The zero-order valence-electron chi connectivity index (χ0n) is 16.4. The number of carbonyl (C=O) groups is 1. The van der Waals surface area contributed by atoms with Gasteiger partial charge in [0.25, 0.3) is 0 Å². The second kappa shape index (κ2) is 6.76. The fourth-order valence-corrected chi connectivity index (χ4v) is 4.04. The van der Waals surface area contributed by atoms with Gasteiger partial charge < -0.3 is 18.6 Å². The fourth-order valence-electron chi connectivity index (χ4n) is 3.55. The number of alkyl halides is 3. The summed E-state index contributed by atoms with van der Waals surface area (Å²) in [6.45, 7) is 7.33. The maximum atomic E-state index is 12.7. The van der Waals surface area contributed by atoms with Gasteiger partial charge in [-0.25, -0.2) is 4.79 Å². The smallest absolute Gasteiger partial charge is 0.444 e. The van der Waals surface area contributed by atoms with Crippen LogP contribution in [-0.2, 0) is 26.2 Å². The average molecular weight is 437 g/mol. The fraction of sp³-hybridized carbons (Fsp3) is 0.611. The van der Waals surface area contributed by atoms with Crippen molar-refractivity contribution in [3.05, 3.63) is 29.3 Å². The topological polar surface area (TPSA) is 82.1 Å². The summed E-state index contributed by atoms with van der Waals surface area (Å²) in [6, 6.07) is 4.24. The van der Waals surface area contributed by atoms with Crippen molar-refractivity contribution in [1.29, 1.82) is 0 Å². The molecular formula is C18H22F3NO6S. The van der Waals surface area contributed by atoms with E-state index in [9.17, 15) is 26.4 Å². The quantitative estimate of drug-likeness (QED) is 0.520. The maximum absolute atomic E-state index is 12.7. The average Bonchev–Trinajstić information content (AvgIpc) is 2.90. The molecule has 7 nitrogen and oxygen atoms in total. The summed E-state index contributed by atoms with van der Waals surface area (Å²) >= 11 is 0. The zero-order chi connectivity index (χ0) is 21.8. The Morgan fingerprint density at radius 2 is 1.93 bits per heavy atom. The van der Waals surface area contributed by atoms with Crippen LogP contribution in [-0.4, -0.2) is 49.2 Å². The van der Waals surface area contributed by atoms with Gasteiger partial charge in [-0.1, -0.05) is 12.1 Å². The predicted molar refractivity (Wildman–Crippen MR) is 95.8 cm³/mol. The molecule has 3 rings (SSSR count). The van der Waals surface area contributed by atoms with E-state index in [1.807, 2.05) is 0 Å². The lowest BCUT2D eigenvalue weighted by Crippen LogP contribution is -2.41. The molecule has 11 heteroatoms. The maximum Gasteiger partial charge on any atom is 0.534 e. The van der Waals surface area contributed by atoms with Gasteiger partial charge in [-0.2, -0.15) is 21.6 Å². The van der Waals surface area contributed by atoms with E-state index < -0.39 is 38.7 Å². The number of rotatable bonds is 2. The summed E-state index contributed by atoms with van der Waals surface area (Å²) in [4.78, 5) is 13.9. The van der Waals surface area contributed by atoms with Crippen LogP contribution in [0, 0.1) is 0 Å². The zero-order valence-corrected chi connectivity index (χ0v) is 17.2. The van der Waals surface area contributed by atoms with E-state index in [0.717, 1.165) is 6.07 Å². The Labute approximate surface area is 166 Å². The molecule has 2 unspecified atom stereocenters. The number of ether oxygens (including phenoxy) is 2. The highest BCUT2D eigenvalue weighted by Crippen LogP contribution is 2.47. The van der Waals surface area contributed by atoms with Crippen LogP contribution in [0.1, 0.15) is 44.7 Å². The van der Waals surface area contributed by atoms with Crippen molar-refractivity contribution in [2.45, 2.75) is 56.9 Å². The number of nitrogens with zero attached hydrogens (tertiary/aromatic N) is 1. The molecule has 0 saturated carbocycles. The molecule has 0 N–H and O–H groups in total. The van der Waals surface area contributed by atoms with E-state index in [1.54, 1.807) is 33.8 Å². The van der Waals surface area contributed by atoms with Crippen molar-refractivity contribution in [1.82, 2.24) is 4.90 Å². The van der Waals surface area contributed by atoms with Crippen molar-refractivity contribution in [3.63, 3.8) is 0 Å². The molecule has 2 aliphatic heterocycles. The monoisotopic (exact) mass is 437 g/mol. The van der Waals surface area contributed by atoms with Crippen LogP contribution in [0.4, 0.5) is 18.0 Å². The number of carbonyl (C=O) groups excluding carboxylic acids is 1. The predicted octanol–water partition coefficient (Wildman–Crippen LogP) is 3.54. The minimum atomic E-state index is -5.81. The first kappa shape index (κ1) is 21.7. The molecular weight excluding hydrogens is 415 g/mol. The van der Waals surface area contributed by atoms with Gasteiger partial charge in [-0.3, -0.25) is 0 Å². The third kappa shape index (κ3) is 4.16. The van der Waals surface area contributed by atoms with E-state index in [1.165, 1.54) is 11.0 Å². The molecule has 2 atom stereocenters. The summed E-state index contributed by atoms with van der Waals surface area (Å²) < 4.78 is 76.5. The summed E-state index contributed by atoms with van der Waals surface area (Å²) in [7, 11) is -5.81. The van der Waals surface area contributed by atoms with Crippen LogP contribution in [0.2, 0.25) is 0 Å². The highest BCUT2D eigenvalue weighted by atomic mass is 32.2. The molecule has 0 aromatic heterocycles. The lowest BCUT2D eigenvalue weighted by Gasteiger charge is -2.37. The Morgan fingerprint density at radius 1 is 1.28 bits per heavy atom. The summed E-state index contributed by atoms with van der Waals surface area (Å²) in [6.07, 6.45) is -0.523. The number of fused-ring (bicyclic) bond motifs is 3. The minimum Gasteiger partial charge on any atom is -0.444 e. The Balaban J connectivity index is 1.90. The van der Waals surface area contributed by atoms with Gasteiger partial charge in [-0.05, 0) is 39.3 Å². The van der Waals surface area contributed by atoms with Crippen LogP contribution in [0.5, 0.6) is 5.75 Å². The van der Waals surface area contributed by atoms with Crippen molar-refractivity contribution in [2.75, 3.05) is 13.1 Å². The molecule has 2 aliphatic rings. The van der Waals surface area contributed by atoms with Gasteiger partial charge in [0.2, 0.25) is 0 Å². The lowest BCUT2D eigenvalue weighted by atomic mass is 9.81. The van der Waals surface area contributed by atoms with Crippen LogP contribution in [0.25, 0.3) is 0 Å². The summed E-state index contributed by atoms with van der Waals surface area (Å²) in [5.74, 6) is -0.812. The summed E-state index contributed by atoms with van der Waals surface area (Å²) in [5.41, 5.74) is -6.21. The van der Waals surface area contributed by atoms with Crippen molar-refractivity contribution in [3.8, 4) is 5.75 Å². The largest absolute Gasteiger partial charge is 0.534 e. The SMILES string of the molecule is CC(C)(C)OC(=O)N1CC2c3cccc(OS(=O)(=O)C(F)(F)F)c3COC2(C)C1. The Kier molecular flexibility index (Phi) is 5.06. The second-order valence-corrected chi connectivity index (χ2v) is 9.86. The number of halogens is 3. The molecule has 1 aromatic carbocycles. The first-order valence-corrected chi connectivity index (χ1v) is 10.3. The molecule has 0 radical (unpaired) electrons.